The van der Waals surface area contributed by atoms with Crippen molar-refractivity contribution in [3.8, 4) is 5.75 Å². The van der Waals surface area contributed by atoms with Crippen LogP contribution in [-0.2, 0) is 6.42 Å². The lowest BCUT2D eigenvalue weighted by molar-refractivity contribution is 0.419. The van der Waals surface area contributed by atoms with Gasteiger partial charge in [-0.05, 0) is 55.0 Å². The molecular weight excluding hydrogens is 296 g/mol. The second-order valence-electron chi connectivity index (χ2n) is 6.47. The molecule has 1 aliphatic rings. The van der Waals surface area contributed by atoms with E-state index in [0.29, 0.717) is 6.04 Å². The Bertz CT molecular complexity index is 888. The zero-order valence-electron chi connectivity index (χ0n) is 14.2. The first kappa shape index (κ1) is 15.0. The van der Waals surface area contributed by atoms with Crippen LogP contribution in [0.2, 0.25) is 0 Å². The molecule has 3 aromatic rings. The molecule has 0 fully saturated rings. The molecule has 24 heavy (non-hydrogen) atoms. The van der Waals surface area contributed by atoms with Crippen molar-refractivity contribution in [1.82, 2.24) is 4.98 Å². The Hall–Kier alpha value is -2.55. The first-order valence-corrected chi connectivity index (χ1v) is 8.55. The average molecular weight is 318 g/mol. The number of aromatic nitrogens is 1. The summed E-state index contributed by atoms with van der Waals surface area (Å²) < 4.78 is 5.49. The van der Waals surface area contributed by atoms with Crippen molar-refractivity contribution in [3.63, 3.8) is 0 Å². The van der Waals surface area contributed by atoms with Crippen molar-refractivity contribution in [2.75, 3.05) is 12.4 Å². The molecule has 0 amide bonds. The second-order valence-corrected chi connectivity index (χ2v) is 6.47. The molecule has 3 heteroatoms. The van der Waals surface area contributed by atoms with Crippen molar-refractivity contribution in [1.29, 1.82) is 0 Å². The molecule has 1 aromatic heterocycles. The first-order chi connectivity index (χ1) is 11.8. The molecule has 0 unspecified atom stereocenters. The fraction of sp³-hybridized carbons (Fsp3) is 0.286. The minimum absolute atomic E-state index is 0.328. The van der Waals surface area contributed by atoms with E-state index in [9.17, 15) is 0 Å². The molecule has 0 aliphatic heterocycles. The Labute approximate surface area is 142 Å². The third-order valence-corrected chi connectivity index (χ3v) is 4.92. The van der Waals surface area contributed by atoms with E-state index in [2.05, 4.69) is 48.6 Å². The van der Waals surface area contributed by atoms with Crippen LogP contribution in [-0.4, -0.2) is 12.1 Å². The van der Waals surface area contributed by atoms with Gasteiger partial charge in [-0.1, -0.05) is 36.4 Å². The van der Waals surface area contributed by atoms with E-state index < -0.39 is 0 Å². The maximum absolute atomic E-state index is 5.49. The third-order valence-electron chi connectivity index (χ3n) is 4.92. The highest BCUT2D eigenvalue weighted by atomic mass is 16.5. The van der Waals surface area contributed by atoms with Crippen molar-refractivity contribution in [2.24, 2.45) is 0 Å². The molecule has 1 aliphatic carbocycles. The predicted molar refractivity (Wildman–Crippen MR) is 98.8 cm³/mol. The topological polar surface area (TPSA) is 34.1 Å². The van der Waals surface area contributed by atoms with Crippen molar-refractivity contribution in [3.05, 3.63) is 65.2 Å². The van der Waals surface area contributed by atoms with Crippen LogP contribution in [0, 0.1) is 6.92 Å². The van der Waals surface area contributed by atoms with Gasteiger partial charge >= 0.3 is 0 Å². The Balaban J connectivity index is 1.73. The number of ether oxygens (including phenoxy) is 1. The summed E-state index contributed by atoms with van der Waals surface area (Å²) in [6.45, 7) is 2.13. The lowest BCUT2D eigenvalue weighted by Crippen LogP contribution is -2.18. The Morgan fingerprint density at radius 3 is 2.88 bits per heavy atom. The highest BCUT2D eigenvalue weighted by Gasteiger charge is 2.20. The van der Waals surface area contributed by atoms with E-state index in [1.807, 2.05) is 12.1 Å². The van der Waals surface area contributed by atoms with Gasteiger partial charge in [0.25, 0.3) is 0 Å². The summed E-state index contributed by atoms with van der Waals surface area (Å²) in [5, 5.41) is 4.80. The van der Waals surface area contributed by atoms with Crippen LogP contribution in [0.1, 0.15) is 35.6 Å². The number of pyridine rings is 1. The second kappa shape index (κ2) is 6.16. The molecule has 1 heterocycles. The number of methoxy groups -OCH3 is 1. The normalized spacial score (nSPS) is 16.7. The standard InChI is InChI=1S/C21H22N2O/c1-14-13-20(23-21-16(14)10-6-12-19(21)24-2)22-18-11-5-8-15-7-3-4-9-17(15)18/h3-4,6-7,9-10,12-13,18H,5,8,11H2,1-2H3,(H,22,23)/t18-/m1/s1. The Morgan fingerprint density at radius 2 is 2.00 bits per heavy atom. The number of hydrogen-bond acceptors (Lipinski definition) is 3. The van der Waals surface area contributed by atoms with E-state index in [1.54, 1.807) is 7.11 Å². The number of para-hydroxylation sites is 1. The van der Waals surface area contributed by atoms with E-state index >= 15 is 0 Å². The zero-order chi connectivity index (χ0) is 16.5. The van der Waals surface area contributed by atoms with Gasteiger partial charge in [0.2, 0.25) is 0 Å². The third kappa shape index (κ3) is 2.60. The number of nitrogens with one attached hydrogen (secondary N) is 1. The molecule has 4 rings (SSSR count). The monoisotopic (exact) mass is 318 g/mol. The summed E-state index contributed by atoms with van der Waals surface area (Å²) in [6, 6.07) is 17.3. The smallest absolute Gasteiger partial charge is 0.145 e. The number of aryl methyl sites for hydroxylation is 2. The first-order valence-electron chi connectivity index (χ1n) is 8.55. The average Bonchev–Trinajstić information content (AvgIpc) is 2.62. The van der Waals surface area contributed by atoms with Gasteiger partial charge in [-0.25, -0.2) is 4.98 Å². The fourth-order valence-electron chi connectivity index (χ4n) is 3.71. The molecule has 0 radical (unpaired) electrons. The van der Waals surface area contributed by atoms with Gasteiger partial charge in [0.05, 0.1) is 13.2 Å². The number of fused-ring (bicyclic) bond motifs is 2. The lowest BCUT2D eigenvalue weighted by Gasteiger charge is -2.27. The molecule has 0 bridgehead atoms. The Kier molecular flexibility index (Phi) is 3.85. The van der Waals surface area contributed by atoms with Gasteiger partial charge in [0, 0.05) is 5.39 Å². The van der Waals surface area contributed by atoms with E-state index in [4.69, 9.17) is 9.72 Å². The molecule has 0 spiro atoms. The van der Waals surface area contributed by atoms with E-state index in [-0.39, 0.29) is 0 Å². The minimum Gasteiger partial charge on any atom is -0.494 e. The molecule has 122 valence electrons. The number of anilines is 1. The summed E-state index contributed by atoms with van der Waals surface area (Å²) in [5.74, 6) is 1.74. The van der Waals surface area contributed by atoms with Gasteiger partial charge < -0.3 is 10.1 Å². The van der Waals surface area contributed by atoms with Gasteiger partial charge in [0.15, 0.2) is 0 Å². The van der Waals surface area contributed by atoms with Crippen molar-refractivity contribution < 1.29 is 4.74 Å². The summed E-state index contributed by atoms with van der Waals surface area (Å²) in [6.07, 6.45) is 3.53. The quantitative estimate of drug-likeness (QED) is 0.734. The predicted octanol–water partition coefficient (Wildman–Crippen LogP) is 5.04. The maximum Gasteiger partial charge on any atom is 0.145 e. The molecule has 1 N–H and O–H groups in total. The molecular formula is C21H22N2O. The Morgan fingerprint density at radius 1 is 1.12 bits per heavy atom. The summed E-state index contributed by atoms with van der Waals surface area (Å²) >= 11 is 0. The van der Waals surface area contributed by atoms with Crippen LogP contribution in [0.15, 0.2) is 48.5 Å². The van der Waals surface area contributed by atoms with Crippen LogP contribution < -0.4 is 10.1 Å². The SMILES string of the molecule is COc1cccc2c(C)cc(N[C@@H]3CCCc4ccccc43)nc12. The molecule has 0 saturated heterocycles. The van der Waals surface area contributed by atoms with E-state index in [1.165, 1.54) is 29.5 Å². The highest BCUT2D eigenvalue weighted by molar-refractivity contribution is 5.88. The zero-order valence-corrected chi connectivity index (χ0v) is 14.2. The maximum atomic E-state index is 5.49. The van der Waals surface area contributed by atoms with E-state index in [0.717, 1.165) is 28.9 Å². The lowest BCUT2D eigenvalue weighted by atomic mass is 9.88. The molecule has 1 atom stereocenters. The van der Waals surface area contributed by atoms with Crippen LogP contribution >= 0.6 is 0 Å². The van der Waals surface area contributed by atoms with Crippen LogP contribution in [0.3, 0.4) is 0 Å². The molecule has 2 aromatic carbocycles. The van der Waals surface area contributed by atoms with Gasteiger partial charge in [-0.3, -0.25) is 0 Å². The van der Waals surface area contributed by atoms with Gasteiger partial charge in [0.1, 0.15) is 17.1 Å². The summed E-state index contributed by atoms with van der Waals surface area (Å²) in [4.78, 5) is 4.84. The van der Waals surface area contributed by atoms with Gasteiger partial charge in [-0.15, -0.1) is 0 Å². The van der Waals surface area contributed by atoms with Crippen LogP contribution in [0.25, 0.3) is 10.9 Å². The van der Waals surface area contributed by atoms with Crippen LogP contribution in [0.5, 0.6) is 5.75 Å². The molecule has 0 saturated carbocycles. The largest absolute Gasteiger partial charge is 0.494 e. The van der Waals surface area contributed by atoms with Crippen molar-refractivity contribution in [2.45, 2.75) is 32.2 Å². The minimum atomic E-state index is 0.328. The van der Waals surface area contributed by atoms with Crippen LogP contribution in [0.4, 0.5) is 5.82 Å². The summed E-state index contributed by atoms with van der Waals surface area (Å²) in [5.41, 5.74) is 5.00. The number of hydrogen-bond donors (Lipinski definition) is 1. The summed E-state index contributed by atoms with van der Waals surface area (Å²) in [7, 11) is 1.70. The fourth-order valence-corrected chi connectivity index (χ4v) is 3.71. The number of rotatable bonds is 3. The number of benzene rings is 2. The number of nitrogens with zero attached hydrogens (tertiary/aromatic N) is 1. The van der Waals surface area contributed by atoms with Gasteiger partial charge in [-0.2, -0.15) is 0 Å². The molecule has 3 nitrogen and oxygen atoms in total. The highest BCUT2D eigenvalue weighted by Crippen LogP contribution is 2.34. The van der Waals surface area contributed by atoms with Crippen molar-refractivity contribution >= 4 is 16.7 Å².